The van der Waals surface area contributed by atoms with Crippen molar-refractivity contribution in [3.05, 3.63) is 101 Å². The smallest absolute Gasteiger partial charge is 0.258 e. The fraction of sp³-hybridized carbons (Fsp3) is 0.200. The average molecular weight is 420 g/mol. The molecule has 0 bridgehead atoms. The first-order valence-electron chi connectivity index (χ1n) is 10.0. The van der Waals surface area contributed by atoms with Crippen LogP contribution < -0.4 is 10.2 Å². The number of amides is 2. The van der Waals surface area contributed by atoms with Crippen molar-refractivity contribution >= 4 is 17.5 Å². The van der Waals surface area contributed by atoms with E-state index >= 15 is 0 Å². The largest absolute Gasteiger partial charge is 0.383 e. The van der Waals surface area contributed by atoms with Gasteiger partial charge >= 0.3 is 0 Å². The first-order valence-corrected chi connectivity index (χ1v) is 10.0. The Morgan fingerprint density at radius 1 is 0.935 bits per heavy atom. The van der Waals surface area contributed by atoms with E-state index in [9.17, 15) is 14.0 Å². The number of rotatable bonds is 9. The van der Waals surface area contributed by atoms with E-state index in [-0.39, 0.29) is 23.8 Å². The third-order valence-electron chi connectivity index (χ3n) is 4.74. The third kappa shape index (κ3) is 6.49. The molecule has 0 atom stereocenters. The highest BCUT2D eigenvalue weighted by atomic mass is 19.1. The van der Waals surface area contributed by atoms with Crippen LogP contribution in [0, 0.1) is 5.82 Å². The number of benzene rings is 3. The Kier molecular flexibility index (Phi) is 7.90. The van der Waals surface area contributed by atoms with Crippen molar-refractivity contribution in [2.24, 2.45) is 0 Å². The van der Waals surface area contributed by atoms with E-state index < -0.39 is 5.82 Å². The predicted octanol–water partition coefficient (Wildman–Crippen LogP) is 3.98. The van der Waals surface area contributed by atoms with E-state index in [1.54, 1.807) is 30.2 Å². The summed E-state index contributed by atoms with van der Waals surface area (Å²) < 4.78 is 18.6. The summed E-state index contributed by atoms with van der Waals surface area (Å²) in [4.78, 5) is 26.8. The maximum atomic E-state index is 13.7. The van der Waals surface area contributed by atoms with E-state index in [2.05, 4.69) is 5.32 Å². The van der Waals surface area contributed by atoms with Crippen LogP contribution >= 0.6 is 0 Å². The van der Waals surface area contributed by atoms with Gasteiger partial charge in [0.2, 0.25) is 5.91 Å². The number of ether oxygens (including phenoxy) is 1. The fourth-order valence-corrected chi connectivity index (χ4v) is 3.16. The number of carbonyl (C=O) groups excluding carboxylic acids is 2. The lowest BCUT2D eigenvalue weighted by molar-refractivity contribution is -0.120. The van der Waals surface area contributed by atoms with Gasteiger partial charge in [0.25, 0.3) is 5.91 Å². The molecule has 6 heteroatoms. The molecule has 0 heterocycles. The lowest BCUT2D eigenvalue weighted by atomic mass is 10.1. The molecule has 2 amide bonds. The molecule has 0 spiro atoms. The fourth-order valence-electron chi connectivity index (χ4n) is 3.16. The highest BCUT2D eigenvalue weighted by Crippen LogP contribution is 2.22. The minimum atomic E-state index is -0.458. The van der Waals surface area contributed by atoms with Crippen molar-refractivity contribution in [3.63, 3.8) is 0 Å². The van der Waals surface area contributed by atoms with E-state index in [0.29, 0.717) is 25.4 Å². The first-order chi connectivity index (χ1) is 15.1. The Balaban J connectivity index is 1.80. The quantitative estimate of drug-likeness (QED) is 0.533. The third-order valence-corrected chi connectivity index (χ3v) is 4.74. The number of hydrogen-bond acceptors (Lipinski definition) is 3. The van der Waals surface area contributed by atoms with E-state index in [4.69, 9.17) is 4.74 Å². The number of methoxy groups -OCH3 is 1. The van der Waals surface area contributed by atoms with Gasteiger partial charge in [0.15, 0.2) is 0 Å². The molecule has 3 rings (SSSR count). The summed E-state index contributed by atoms with van der Waals surface area (Å²) in [5.74, 6) is -0.851. The molecule has 0 fully saturated rings. The molecule has 0 saturated heterocycles. The van der Waals surface area contributed by atoms with Crippen LogP contribution in [0.1, 0.15) is 21.5 Å². The highest BCUT2D eigenvalue weighted by molar-refractivity contribution is 6.06. The van der Waals surface area contributed by atoms with Gasteiger partial charge in [-0.3, -0.25) is 9.59 Å². The Hall–Kier alpha value is -3.51. The van der Waals surface area contributed by atoms with Gasteiger partial charge in [-0.05, 0) is 41.5 Å². The SMILES string of the molecule is COCCNC(=O)Cc1ccc(N(Cc2ccccc2)C(=O)c2cccc(F)c2)cc1. The van der Waals surface area contributed by atoms with Crippen LogP contribution in [0.3, 0.4) is 0 Å². The van der Waals surface area contributed by atoms with Crippen molar-refractivity contribution in [3.8, 4) is 0 Å². The number of nitrogens with one attached hydrogen (secondary N) is 1. The Bertz CT molecular complexity index is 1010. The highest BCUT2D eigenvalue weighted by Gasteiger charge is 2.19. The number of hydrogen-bond donors (Lipinski definition) is 1. The van der Waals surface area contributed by atoms with Crippen LogP contribution in [-0.2, 0) is 22.5 Å². The van der Waals surface area contributed by atoms with E-state index in [0.717, 1.165) is 11.1 Å². The summed E-state index contributed by atoms with van der Waals surface area (Å²) in [5, 5.41) is 2.78. The molecule has 5 nitrogen and oxygen atoms in total. The monoisotopic (exact) mass is 420 g/mol. The molecular weight excluding hydrogens is 395 g/mol. The summed E-state index contributed by atoms with van der Waals surface area (Å²) in [7, 11) is 1.58. The minimum absolute atomic E-state index is 0.0956. The van der Waals surface area contributed by atoms with Gasteiger partial charge in [0.1, 0.15) is 5.82 Å². The lowest BCUT2D eigenvalue weighted by Gasteiger charge is -2.23. The molecule has 3 aromatic carbocycles. The zero-order chi connectivity index (χ0) is 22.1. The number of anilines is 1. The molecule has 0 aliphatic heterocycles. The maximum absolute atomic E-state index is 13.7. The number of carbonyl (C=O) groups is 2. The van der Waals surface area contributed by atoms with Gasteiger partial charge in [0, 0.05) is 24.9 Å². The molecule has 0 radical (unpaired) electrons. The van der Waals surface area contributed by atoms with Crippen LogP contribution in [-0.4, -0.2) is 32.1 Å². The maximum Gasteiger partial charge on any atom is 0.258 e. The van der Waals surface area contributed by atoms with Crippen LogP contribution in [0.5, 0.6) is 0 Å². The lowest BCUT2D eigenvalue weighted by Crippen LogP contribution is -2.30. The van der Waals surface area contributed by atoms with Gasteiger partial charge < -0.3 is 15.0 Å². The van der Waals surface area contributed by atoms with Gasteiger partial charge in [0.05, 0.1) is 19.6 Å². The molecule has 0 saturated carbocycles. The minimum Gasteiger partial charge on any atom is -0.383 e. The molecular formula is C25H25FN2O3. The van der Waals surface area contributed by atoms with Crippen LogP contribution in [0.15, 0.2) is 78.9 Å². The van der Waals surface area contributed by atoms with Crippen LogP contribution in [0.25, 0.3) is 0 Å². The number of nitrogens with zero attached hydrogens (tertiary/aromatic N) is 1. The molecule has 1 N–H and O–H groups in total. The number of halogens is 1. The van der Waals surface area contributed by atoms with Gasteiger partial charge in [-0.2, -0.15) is 0 Å². The van der Waals surface area contributed by atoms with Crippen molar-refractivity contribution in [2.75, 3.05) is 25.2 Å². The molecule has 3 aromatic rings. The second kappa shape index (κ2) is 11.0. The van der Waals surface area contributed by atoms with Gasteiger partial charge in [-0.25, -0.2) is 4.39 Å². The predicted molar refractivity (Wildman–Crippen MR) is 118 cm³/mol. The summed E-state index contributed by atoms with van der Waals surface area (Å²) in [5.41, 5.74) is 2.73. The normalized spacial score (nSPS) is 10.5. The van der Waals surface area contributed by atoms with E-state index in [1.165, 1.54) is 18.2 Å². The van der Waals surface area contributed by atoms with Gasteiger partial charge in [-0.15, -0.1) is 0 Å². The van der Waals surface area contributed by atoms with Gasteiger partial charge in [-0.1, -0.05) is 48.5 Å². The molecule has 0 unspecified atom stereocenters. The molecule has 0 aliphatic rings. The van der Waals surface area contributed by atoms with Crippen molar-refractivity contribution in [2.45, 2.75) is 13.0 Å². The topological polar surface area (TPSA) is 58.6 Å². The zero-order valence-corrected chi connectivity index (χ0v) is 17.4. The Labute approximate surface area is 181 Å². The summed E-state index contributed by atoms with van der Waals surface area (Å²) >= 11 is 0. The van der Waals surface area contributed by atoms with Crippen LogP contribution in [0.4, 0.5) is 10.1 Å². The summed E-state index contributed by atoms with van der Waals surface area (Å²) in [6, 6.07) is 22.5. The average Bonchev–Trinajstić information content (AvgIpc) is 2.78. The molecule has 160 valence electrons. The van der Waals surface area contributed by atoms with E-state index in [1.807, 2.05) is 42.5 Å². The van der Waals surface area contributed by atoms with Crippen molar-refractivity contribution in [1.29, 1.82) is 0 Å². The zero-order valence-electron chi connectivity index (χ0n) is 17.4. The second-order valence-electron chi connectivity index (χ2n) is 7.07. The Morgan fingerprint density at radius 2 is 1.68 bits per heavy atom. The molecule has 31 heavy (non-hydrogen) atoms. The first kappa shape index (κ1) is 22.2. The molecule has 0 aliphatic carbocycles. The molecule has 0 aromatic heterocycles. The summed E-state index contributed by atoms with van der Waals surface area (Å²) in [6.45, 7) is 1.26. The Morgan fingerprint density at radius 3 is 2.35 bits per heavy atom. The van der Waals surface area contributed by atoms with Crippen LogP contribution in [0.2, 0.25) is 0 Å². The second-order valence-corrected chi connectivity index (χ2v) is 7.07. The standard InChI is InChI=1S/C25H25FN2O3/c1-31-15-14-27-24(29)16-19-10-12-23(13-11-19)28(18-20-6-3-2-4-7-20)25(30)21-8-5-9-22(26)17-21/h2-13,17H,14-16,18H2,1H3,(H,27,29). The van der Waals surface area contributed by atoms with Crippen molar-refractivity contribution < 1.29 is 18.7 Å². The summed E-state index contributed by atoms with van der Waals surface area (Å²) in [6.07, 6.45) is 0.237. The van der Waals surface area contributed by atoms with Crippen molar-refractivity contribution in [1.82, 2.24) is 5.32 Å².